The first-order chi connectivity index (χ1) is 14.3. The first-order valence-corrected chi connectivity index (χ1v) is 10.7. The Hall–Kier alpha value is -2.53. The van der Waals surface area contributed by atoms with E-state index in [-0.39, 0.29) is 6.10 Å². The summed E-state index contributed by atoms with van der Waals surface area (Å²) in [6.45, 7) is 3.06. The van der Waals surface area contributed by atoms with Crippen LogP contribution in [0, 0.1) is 0 Å². The Labute approximate surface area is 173 Å². The molecule has 2 aliphatic rings. The van der Waals surface area contributed by atoms with E-state index in [0.717, 1.165) is 43.9 Å². The molecule has 0 amide bonds. The Balaban J connectivity index is 1.25. The second-order valence-corrected chi connectivity index (χ2v) is 7.84. The highest BCUT2D eigenvalue weighted by Crippen LogP contribution is 2.31. The summed E-state index contributed by atoms with van der Waals surface area (Å²) in [5.74, 6) is 0.962. The molecule has 2 aromatic rings. The molecule has 0 aromatic heterocycles. The molecule has 5 nitrogen and oxygen atoms in total. The van der Waals surface area contributed by atoms with Crippen molar-refractivity contribution in [2.45, 2.75) is 44.2 Å². The van der Waals surface area contributed by atoms with Crippen molar-refractivity contribution < 1.29 is 9.57 Å². The maximum atomic E-state index is 5.68. The van der Waals surface area contributed by atoms with Gasteiger partial charge in [-0.25, -0.2) is 0 Å². The number of anilines is 1. The monoisotopic (exact) mass is 393 g/mol. The van der Waals surface area contributed by atoms with E-state index in [1.54, 1.807) is 7.11 Å². The molecule has 1 N–H and O–H groups in total. The summed E-state index contributed by atoms with van der Waals surface area (Å²) in [7, 11) is 1.75. The number of unbranched alkanes of at least 4 members (excludes halogenated alkanes) is 1. The fourth-order valence-electron chi connectivity index (χ4n) is 4.34. The number of hydrogen-bond acceptors (Lipinski definition) is 5. The fourth-order valence-corrected chi connectivity index (χ4v) is 4.34. The van der Waals surface area contributed by atoms with Crippen LogP contribution in [0.15, 0.2) is 59.8 Å². The van der Waals surface area contributed by atoms with E-state index in [1.807, 2.05) is 12.1 Å². The molecule has 4 rings (SSSR count). The zero-order chi connectivity index (χ0) is 19.9. The molecular formula is C24H31N3O2. The van der Waals surface area contributed by atoms with Gasteiger partial charge in [0.25, 0.3) is 0 Å². The van der Waals surface area contributed by atoms with E-state index in [0.29, 0.717) is 6.04 Å². The summed E-state index contributed by atoms with van der Waals surface area (Å²) in [4.78, 5) is 8.19. The molecule has 0 radical (unpaired) electrons. The zero-order valence-electron chi connectivity index (χ0n) is 17.2. The third-order valence-corrected chi connectivity index (χ3v) is 5.90. The van der Waals surface area contributed by atoms with E-state index in [9.17, 15) is 0 Å². The van der Waals surface area contributed by atoms with Gasteiger partial charge in [0, 0.05) is 32.1 Å². The van der Waals surface area contributed by atoms with Crippen molar-refractivity contribution in [1.29, 1.82) is 0 Å². The molecule has 154 valence electrons. The Kier molecular flexibility index (Phi) is 6.67. The molecule has 2 aliphatic heterocycles. The number of benzene rings is 2. The molecule has 2 heterocycles. The highest BCUT2D eigenvalue weighted by molar-refractivity contribution is 6.01. The van der Waals surface area contributed by atoms with Crippen LogP contribution in [0.5, 0.6) is 5.75 Å². The van der Waals surface area contributed by atoms with Gasteiger partial charge >= 0.3 is 0 Å². The molecule has 0 aliphatic carbocycles. The van der Waals surface area contributed by atoms with E-state index < -0.39 is 0 Å². The van der Waals surface area contributed by atoms with Crippen LogP contribution in [0.3, 0.4) is 0 Å². The maximum Gasteiger partial charge on any atom is 0.142 e. The van der Waals surface area contributed by atoms with Gasteiger partial charge in [-0.15, -0.1) is 0 Å². The SMILES string of the molecule is COc1ccccc1N1CCNCC1CCCCC1CC(c2ccccc2)=NO1. The third kappa shape index (κ3) is 4.91. The fraction of sp³-hybridized carbons (Fsp3) is 0.458. The number of methoxy groups -OCH3 is 1. The number of nitrogens with zero attached hydrogens (tertiary/aromatic N) is 2. The van der Waals surface area contributed by atoms with E-state index in [4.69, 9.17) is 9.57 Å². The van der Waals surface area contributed by atoms with E-state index in [2.05, 4.69) is 57.8 Å². The van der Waals surface area contributed by atoms with Gasteiger partial charge in [-0.2, -0.15) is 0 Å². The minimum Gasteiger partial charge on any atom is -0.495 e. The standard InChI is InChI=1S/C24H31N3O2/c1-28-24-14-8-7-13-23(24)27-16-15-25-18-20(27)11-5-6-12-21-17-22(26-29-21)19-9-3-2-4-10-19/h2-4,7-10,13-14,20-21,25H,5-6,11-12,15-18H2,1H3. The lowest BCUT2D eigenvalue weighted by molar-refractivity contribution is 0.0769. The van der Waals surface area contributed by atoms with Gasteiger partial charge in [-0.1, -0.05) is 54.0 Å². The van der Waals surface area contributed by atoms with E-state index in [1.165, 1.54) is 30.5 Å². The summed E-state index contributed by atoms with van der Waals surface area (Å²) < 4.78 is 5.60. The predicted octanol–water partition coefficient (Wildman–Crippen LogP) is 4.23. The van der Waals surface area contributed by atoms with Gasteiger partial charge in [0.15, 0.2) is 0 Å². The first kappa shape index (κ1) is 19.8. The summed E-state index contributed by atoms with van der Waals surface area (Å²) in [6, 6.07) is 19.2. The molecule has 5 heteroatoms. The molecule has 0 spiro atoms. The zero-order valence-corrected chi connectivity index (χ0v) is 17.2. The highest BCUT2D eigenvalue weighted by Gasteiger charge is 2.25. The number of ether oxygens (including phenoxy) is 1. The topological polar surface area (TPSA) is 46.1 Å². The summed E-state index contributed by atoms with van der Waals surface area (Å²) >= 11 is 0. The number of hydrogen-bond donors (Lipinski definition) is 1. The molecular weight excluding hydrogens is 362 g/mol. The largest absolute Gasteiger partial charge is 0.495 e. The molecule has 0 saturated carbocycles. The summed E-state index contributed by atoms with van der Waals surface area (Å²) in [5.41, 5.74) is 3.46. The first-order valence-electron chi connectivity index (χ1n) is 10.7. The van der Waals surface area contributed by atoms with Crippen molar-refractivity contribution in [2.24, 2.45) is 5.16 Å². The van der Waals surface area contributed by atoms with Gasteiger partial charge in [-0.05, 0) is 37.0 Å². The van der Waals surface area contributed by atoms with Crippen molar-refractivity contribution in [2.75, 3.05) is 31.6 Å². The average molecular weight is 394 g/mol. The Morgan fingerprint density at radius 2 is 1.86 bits per heavy atom. The molecule has 0 bridgehead atoms. The average Bonchev–Trinajstić information content (AvgIpc) is 3.27. The molecule has 2 unspecified atom stereocenters. The van der Waals surface area contributed by atoms with Gasteiger partial charge in [0.2, 0.25) is 0 Å². The predicted molar refractivity (Wildman–Crippen MR) is 118 cm³/mol. The smallest absolute Gasteiger partial charge is 0.142 e. The van der Waals surface area contributed by atoms with Crippen molar-refractivity contribution in [1.82, 2.24) is 5.32 Å². The third-order valence-electron chi connectivity index (χ3n) is 5.90. The van der Waals surface area contributed by atoms with Crippen LogP contribution in [-0.2, 0) is 4.84 Å². The second-order valence-electron chi connectivity index (χ2n) is 7.84. The van der Waals surface area contributed by atoms with Crippen LogP contribution >= 0.6 is 0 Å². The van der Waals surface area contributed by atoms with Crippen molar-refractivity contribution in [3.8, 4) is 5.75 Å². The van der Waals surface area contributed by atoms with Gasteiger partial charge in [0.1, 0.15) is 11.9 Å². The van der Waals surface area contributed by atoms with Crippen molar-refractivity contribution >= 4 is 11.4 Å². The minimum atomic E-state index is 0.222. The number of piperazine rings is 1. The Bertz CT molecular complexity index is 809. The molecule has 1 fully saturated rings. The second kappa shape index (κ2) is 9.79. The molecule has 2 atom stereocenters. The maximum absolute atomic E-state index is 5.68. The van der Waals surface area contributed by atoms with Crippen LogP contribution < -0.4 is 15.0 Å². The van der Waals surface area contributed by atoms with Crippen LogP contribution in [-0.4, -0.2) is 44.6 Å². The van der Waals surface area contributed by atoms with Crippen LogP contribution in [0.2, 0.25) is 0 Å². The lowest BCUT2D eigenvalue weighted by atomic mass is 9.99. The normalized spacial score (nSPS) is 21.6. The van der Waals surface area contributed by atoms with Crippen molar-refractivity contribution in [3.05, 3.63) is 60.2 Å². The lowest BCUT2D eigenvalue weighted by Gasteiger charge is -2.38. The van der Waals surface area contributed by atoms with Gasteiger partial charge < -0.3 is 19.8 Å². The number of oxime groups is 1. The highest BCUT2D eigenvalue weighted by atomic mass is 16.6. The molecule has 1 saturated heterocycles. The number of para-hydroxylation sites is 2. The Morgan fingerprint density at radius 3 is 2.72 bits per heavy atom. The number of rotatable bonds is 8. The van der Waals surface area contributed by atoms with Gasteiger partial charge in [0.05, 0.1) is 18.5 Å². The Morgan fingerprint density at radius 1 is 1.07 bits per heavy atom. The minimum absolute atomic E-state index is 0.222. The number of nitrogens with one attached hydrogen (secondary N) is 1. The summed E-state index contributed by atoms with van der Waals surface area (Å²) in [6.07, 6.45) is 5.73. The molecule has 2 aromatic carbocycles. The lowest BCUT2D eigenvalue weighted by Crippen LogP contribution is -2.51. The summed E-state index contributed by atoms with van der Waals surface area (Å²) in [5, 5.41) is 7.86. The van der Waals surface area contributed by atoms with Crippen LogP contribution in [0.1, 0.15) is 37.7 Å². The van der Waals surface area contributed by atoms with Crippen molar-refractivity contribution in [3.63, 3.8) is 0 Å². The quantitative estimate of drug-likeness (QED) is 0.682. The van der Waals surface area contributed by atoms with Gasteiger partial charge in [-0.3, -0.25) is 0 Å². The van der Waals surface area contributed by atoms with E-state index >= 15 is 0 Å². The van der Waals surface area contributed by atoms with Crippen LogP contribution in [0.25, 0.3) is 0 Å². The van der Waals surface area contributed by atoms with Crippen LogP contribution in [0.4, 0.5) is 5.69 Å². The molecule has 29 heavy (non-hydrogen) atoms.